The number of carbonyl (C=O) groups excluding carboxylic acids is 1. The third-order valence-corrected chi connectivity index (χ3v) is 3.25. The number of nitrogens with zero attached hydrogens (tertiary/aromatic N) is 1. The topological polar surface area (TPSA) is 84.1 Å². The van der Waals surface area contributed by atoms with Gasteiger partial charge in [-0.15, -0.1) is 0 Å². The Balaban J connectivity index is 2.31. The van der Waals surface area contributed by atoms with Crippen molar-refractivity contribution in [1.82, 2.24) is 15.5 Å². The van der Waals surface area contributed by atoms with Crippen LogP contribution in [-0.4, -0.2) is 35.9 Å². The number of aromatic nitrogens is 2. The second-order valence-corrected chi connectivity index (χ2v) is 4.86. The number of fused-ring (bicyclic) bond motifs is 1. The van der Waals surface area contributed by atoms with Crippen LogP contribution in [-0.2, 0) is 4.74 Å². The van der Waals surface area contributed by atoms with Gasteiger partial charge in [-0.05, 0) is 12.5 Å². The van der Waals surface area contributed by atoms with Crippen molar-refractivity contribution in [3.8, 4) is 0 Å². The molecule has 0 aliphatic rings. The van der Waals surface area contributed by atoms with Crippen LogP contribution in [0.2, 0.25) is 0 Å². The van der Waals surface area contributed by atoms with E-state index >= 15 is 0 Å². The van der Waals surface area contributed by atoms with Crippen LogP contribution in [0.3, 0.4) is 0 Å². The van der Waals surface area contributed by atoms with Crippen molar-refractivity contribution in [2.24, 2.45) is 0 Å². The monoisotopic (exact) mass is 289 g/mol. The molecule has 0 spiro atoms. The molecule has 1 heterocycles. The van der Waals surface area contributed by atoms with Gasteiger partial charge < -0.3 is 10.1 Å². The van der Waals surface area contributed by atoms with Crippen molar-refractivity contribution in [2.75, 3.05) is 13.7 Å². The van der Waals surface area contributed by atoms with Crippen LogP contribution in [0, 0.1) is 0 Å². The van der Waals surface area contributed by atoms with Gasteiger partial charge in [-0.3, -0.25) is 9.59 Å². The lowest BCUT2D eigenvalue weighted by atomic mass is 10.1. The molecule has 2 aromatic rings. The molecule has 1 aromatic heterocycles. The van der Waals surface area contributed by atoms with Gasteiger partial charge in [0, 0.05) is 12.5 Å². The van der Waals surface area contributed by atoms with Gasteiger partial charge in [-0.1, -0.05) is 31.5 Å². The minimum Gasteiger partial charge on any atom is -0.383 e. The van der Waals surface area contributed by atoms with Gasteiger partial charge in [-0.2, -0.15) is 5.10 Å². The Hall–Kier alpha value is -2.21. The standard InChI is InChI=1S/C15H19N3O3/c1-3-6-10(9-21-2)16-15(20)13-11-7-4-5-8-12(11)14(19)18-17-13/h4-5,7-8,10H,3,6,9H2,1-2H3,(H,16,20)(H,18,19). The van der Waals surface area contributed by atoms with Crippen molar-refractivity contribution in [3.63, 3.8) is 0 Å². The molecule has 2 N–H and O–H groups in total. The van der Waals surface area contributed by atoms with Crippen LogP contribution >= 0.6 is 0 Å². The van der Waals surface area contributed by atoms with Gasteiger partial charge >= 0.3 is 0 Å². The largest absolute Gasteiger partial charge is 0.383 e. The predicted octanol–water partition coefficient (Wildman–Crippen LogP) is 1.47. The second kappa shape index (κ2) is 6.99. The summed E-state index contributed by atoms with van der Waals surface area (Å²) in [6.07, 6.45) is 1.76. The fourth-order valence-corrected chi connectivity index (χ4v) is 2.29. The number of H-pyrrole nitrogens is 1. The molecule has 0 fully saturated rings. The minimum absolute atomic E-state index is 0.0695. The molecule has 1 amide bonds. The highest BCUT2D eigenvalue weighted by molar-refractivity contribution is 6.04. The van der Waals surface area contributed by atoms with Gasteiger partial charge in [0.2, 0.25) is 0 Å². The highest BCUT2D eigenvalue weighted by atomic mass is 16.5. The smallest absolute Gasteiger partial charge is 0.272 e. The molecule has 1 unspecified atom stereocenters. The summed E-state index contributed by atoms with van der Waals surface area (Å²) < 4.78 is 5.11. The first kappa shape index (κ1) is 15.2. The number of benzene rings is 1. The molecule has 2 rings (SSSR count). The zero-order chi connectivity index (χ0) is 15.2. The molecule has 1 aromatic carbocycles. The number of rotatable bonds is 6. The average molecular weight is 289 g/mol. The van der Waals surface area contributed by atoms with Crippen molar-refractivity contribution in [2.45, 2.75) is 25.8 Å². The third kappa shape index (κ3) is 3.46. The van der Waals surface area contributed by atoms with Crippen molar-refractivity contribution < 1.29 is 9.53 Å². The van der Waals surface area contributed by atoms with E-state index in [0.717, 1.165) is 12.8 Å². The Morgan fingerprint density at radius 3 is 2.76 bits per heavy atom. The Bertz CT molecular complexity index is 675. The maximum atomic E-state index is 12.4. The first-order chi connectivity index (χ1) is 10.2. The zero-order valence-electron chi connectivity index (χ0n) is 12.2. The summed E-state index contributed by atoms with van der Waals surface area (Å²) in [6, 6.07) is 6.85. The van der Waals surface area contributed by atoms with E-state index in [1.54, 1.807) is 31.4 Å². The third-order valence-electron chi connectivity index (χ3n) is 3.25. The molecule has 0 aliphatic heterocycles. The normalized spacial score (nSPS) is 12.3. The molecule has 6 nitrogen and oxygen atoms in total. The minimum atomic E-state index is -0.307. The molecule has 0 saturated carbocycles. The number of ether oxygens (including phenoxy) is 1. The van der Waals surface area contributed by atoms with Gasteiger partial charge in [0.05, 0.1) is 18.0 Å². The molecule has 0 radical (unpaired) electrons. The van der Waals surface area contributed by atoms with Crippen LogP contribution in [0.15, 0.2) is 29.1 Å². The summed E-state index contributed by atoms with van der Waals surface area (Å²) in [5.74, 6) is -0.307. The Kier molecular flexibility index (Phi) is 5.05. The van der Waals surface area contributed by atoms with E-state index in [1.807, 2.05) is 6.92 Å². The Labute approximate surface area is 122 Å². The quantitative estimate of drug-likeness (QED) is 0.843. The van der Waals surface area contributed by atoms with E-state index < -0.39 is 0 Å². The van der Waals surface area contributed by atoms with Crippen LogP contribution in [0.25, 0.3) is 10.8 Å². The van der Waals surface area contributed by atoms with Crippen molar-refractivity contribution in [1.29, 1.82) is 0 Å². The summed E-state index contributed by atoms with van der Waals surface area (Å²) >= 11 is 0. The highest BCUT2D eigenvalue weighted by Gasteiger charge is 2.17. The van der Waals surface area contributed by atoms with Gasteiger partial charge in [0.1, 0.15) is 0 Å². The average Bonchev–Trinajstić information content (AvgIpc) is 2.48. The first-order valence-corrected chi connectivity index (χ1v) is 6.94. The predicted molar refractivity (Wildman–Crippen MR) is 80.4 cm³/mol. The van der Waals surface area contributed by atoms with E-state index in [1.165, 1.54) is 0 Å². The number of amides is 1. The SMILES string of the molecule is CCCC(COC)NC(=O)c1n[nH]c(=O)c2ccccc12. The van der Waals surface area contributed by atoms with E-state index in [9.17, 15) is 9.59 Å². The lowest BCUT2D eigenvalue weighted by Gasteiger charge is -2.17. The van der Waals surface area contributed by atoms with Crippen molar-refractivity contribution >= 4 is 16.7 Å². The van der Waals surface area contributed by atoms with Crippen LogP contribution in [0.4, 0.5) is 0 Å². The lowest BCUT2D eigenvalue weighted by Crippen LogP contribution is -2.38. The van der Waals surface area contributed by atoms with Crippen LogP contribution in [0.1, 0.15) is 30.3 Å². The lowest BCUT2D eigenvalue weighted by molar-refractivity contribution is 0.0887. The maximum absolute atomic E-state index is 12.4. The molecule has 0 bridgehead atoms. The molecule has 1 atom stereocenters. The maximum Gasteiger partial charge on any atom is 0.272 e. The van der Waals surface area contributed by atoms with Gasteiger partial charge in [-0.25, -0.2) is 5.10 Å². The summed E-state index contributed by atoms with van der Waals surface area (Å²) in [6.45, 7) is 2.49. The molecule has 0 saturated heterocycles. The molecule has 112 valence electrons. The second-order valence-electron chi connectivity index (χ2n) is 4.86. The number of hydrogen-bond acceptors (Lipinski definition) is 4. The number of aromatic amines is 1. The number of carbonyl (C=O) groups is 1. The van der Waals surface area contributed by atoms with Crippen molar-refractivity contribution in [3.05, 3.63) is 40.3 Å². The summed E-state index contributed by atoms with van der Waals surface area (Å²) in [5.41, 5.74) is -0.0773. The fourth-order valence-electron chi connectivity index (χ4n) is 2.29. The Morgan fingerprint density at radius 2 is 2.10 bits per heavy atom. The van der Waals surface area contributed by atoms with E-state index in [4.69, 9.17) is 4.74 Å². The number of methoxy groups -OCH3 is 1. The molecule has 0 aliphatic carbocycles. The molecular formula is C15H19N3O3. The zero-order valence-corrected chi connectivity index (χ0v) is 12.2. The summed E-state index contributed by atoms with van der Waals surface area (Å²) in [4.78, 5) is 24.1. The summed E-state index contributed by atoms with van der Waals surface area (Å²) in [5, 5.41) is 10.2. The van der Waals surface area contributed by atoms with E-state index in [2.05, 4.69) is 15.5 Å². The molecule has 6 heteroatoms. The first-order valence-electron chi connectivity index (χ1n) is 6.94. The fraction of sp³-hybridized carbons (Fsp3) is 0.400. The van der Waals surface area contributed by atoms with E-state index in [0.29, 0.717) is 17.4 Å². The van der Waals surface area contributed by atoms with Gasteiger partial charge in [0.25, 0.3) is 11.5 Å². The van der Waals surface area contributed by atoms with Crippen LogP contribution in [0.5, 0.6) is 0 Å². The molecule has 21 heavy (non-hydrogen) atoms. The number of nitrogens with one attached hydrogen (secondary N) is 2. The van der Waals surface area contributed by atoms with Gasteiger partial charge in [0.15, 0.2) is 5.69 Å². The number of hydrogen-bond donors (Lipinski definition) is 2. The Morgan fingerprint density at radius 1 is 1.38 bits per heavy atom. The van der Waals surface area contributed by atoms with Crippen LogP contribution < -0.4 is 10.9 Å². The van der Waals surface area contributed by atoms with E-state index in [-0.39, 0.29) is 23.2 Å². The molecular weight excluding hydrogens is 270 g/mol. The highest BCUT2D eigenvalue weighted by Crippen LogP contribution is 2.12. The summed E-state index contributed by atoms with van der Waals surface area (Å²) in [7, 11) is 1.60.